The molecule has 16 heavy (non-hydrogen) atoms. The van der Waals surface area contributed by atoms with Crippen LogP contribution in [-0.4, -0.2) is 34.0 Å². The van der Waals surface area contributed by atoms with Gasteiger partial charge in [0.15, 0.2) is 0 Å². The van der Waals surface area contributed by atoms with Gasteiger partial charge in [0.1, 0.15) is 0 Å². The summed E-state index contributed by atoms with van der Waals surface area (Å²) in [5, 5.41) is 0. The number of nitrogens with zero attached hydrogens (tertiary/aromatic N) is 1. The molecule has 0 atom stereocenters. The van der Waals surface area contributed by atoms with E-state index in [-0.39, 0.29) is 0 Å². The largest absolute Gasteiger partial charge is 0.304 e. The standard InChI is InChI=1S/C11H12BrNO2S/c1-13(2)7-10-6-8-5-9(12)3-4-11(8)16(10,14)15/h3-6H,7H2,1-2H3. The van der Waals surface area contributed by atoms with Crippen molar-refractivity contribution in [1.29, 1.82) is 0 Å². The zero-order valence-corrected chi connectivity index (χ0v) is 11.5. The Morgan fingerprint density at radius 2 is 2.00 bits per heavy atom. The van der Waals surface area contributed by atoms with Gasteiger partial charge in [0, 0.05) is 11.0 Å². The first kappa shape index (κ1) is 11.8. The summed E-state index contributed by atoms with van der Waals surface area (Å²) in [5.74, 6) is 0. The van der Waals surface area contributed by atoms with E-state index in [2.05, 4.69) is 15.9 Å². The molecule has 1 heterocycles. The molecular formula is C11H12BrNO2S. The van der Waals surface area contributed by atoms with Crippen LogP contribution in [0, 0.1) is 0 Å². The van der Waals surface area contributed by atoms with E-state index in [1.807, 2.05) is 25.1 Å². The Labute approximate surface area is 104 Å². The highest BCUT2D eigenvalue weighted by atomic mass is 79.9. The second-order valence-corrected chi connectivity index (χ2v) is 6.92. The molecule has 1 aliphatic heterocycles. The third-order valence-electron chi connectivity index (χ3n) is 2.40. The molecule has 0 radical (unpaired) electrons. The summed E-state index contributed by atoms with van der Waals surface area (Å²) < 4.78 is 25.1. The van der Waals surface area contributed by atoms with Crippen molar-refractivity contribution in [1.82, 2.24) is 4.90 Å². The Hall–Kier alpha value is -0.650. The maximum Gasteiger partial charge on any atom is 0.204 e. The Balaban J connectivity index is 2.52. The van der Waals surface area contributed by atoms with Gasteiger partial charge in [0.2, 0.25) is 9.84 Å². The quantitative estimate of drug-likeness (QED) is 0.840. The van der Waals surface area contributed by atoms with E-state index in [1.165, 1.54) is 0 Å². The van der Waals surface area contributed by atoms with Crippen LogP contribution >= 0.6 is 15.9 Å². The van der Waals surface area contributed by atoms with E-state index < -0.39 is 9.84 Å². The normalized spacial score (nSPS) is 17.4. The summed E-state index contributed by atoms with van der Waals surface area (Å²) in [6.07, 6.45) is 1.75. The Morgan fingerprint density at radius 3 is 2.62 bits per heavy atom. The van der Waals surface area contributed by atoms with E-state index in [0.717, 1.165) is 10.0 Å². The molecule has 0 unspecified atom stereocenters. The predicted octanol–water partition coefficient (Wildman–Crippen LogP) is 2.14. The molecule has 0 aliphatic carbocycles. The van der Waals surface area contributed by atoms with E-state index >= 15 is 0 Å². The van der Waals surface area contributed by atoms with Crippen molar-refractivity contribution in [3.05, 3.63) is 33.1 Å². The summed E-state index contributed by atoms with van der Waals surface area (Å²) in [5.41, 5.74) is 0.770. The van der Waals surface area contributed by atoms with Crippen LogP contribution in [0.2, 0.25) is 0 Å². The minimum Gasteiger partial charge on any atom is -0.304 e. The molecule has 0 spiro atoms. The molecule has 0 N–H and O–H groups in total. The molecule has 2 rings (SSSR count). The van der Waals surface area contributed by atoms with Crippen molar-refractivity contribution >= 4 is 31.8 Å². The average Bonchev–Trinajstić information content (AvgIpc) is 2.37. The zero-order chi connectivity index (χ0) is 11.9. The van der Waals surface area contributed by atoms with Gasteiger partial charge in [-0.25, -0.2) is 8.42 Å². The number of hydrogen-bond acceptors (Lipinski definition) is 3. The van der Waals surface area contributed by atoms with Gasteiger partial charge in [-0.3, -0.25) is 0 Å². The lowest BCUT2D eigenvalue weighted by Gasteiger charge is -2.10. The lowest BCUT2D eigenvalue weighted by Crippen LogP contribution is -2.18. The van der Waals surface area contributed by atoms with Gasteiger partial charge in [0.05, 0.1) is 9.80 Å². The van der Waals surface area contributed by atoms with Crippen LogP contribution in [-0.2, 0) is 9.84 Å². The van der Waals surface area contributed by atoms with Crippen LogP contribution in [0.3, 0.4) is 0 Å². The fourth-order valence-corrected chi connectivity index (χ4v) is 3.76. The molecule has 5 heteroatoms. The predicted molar refractivity (Wildman–Crippen MR) is 67.9 cm³/mol. The summed E-state index contributed by atoms with van der Waals surface area (Å²) in [7, 11) is 0.453. The number of fused-ring (bicyclic) bond motifs is 1. The first-order valence-corrected chi connectivity index (χ1v) is 7.09. The molecule has 0 aromatic heterocycles. The molecule has 0 bridgehead atoms. The summed E-state index contributed by atoms with van der Waals surface area (Å²) in [4.78, 5) is 2.72. The highest BCUT2D eigenvalue weighted by Gasteiger charge is 2.29. The lowest BCUT2D eigenvalue weighted by atomic mass is 10.2. The number of sulfone groups is 1. The minimum absolute atomic E-state index is 0.410. The minimum atomic E-state index is -3.26. The second kappa shape index (κ2) is 3.98. The van der Waals surface area contributed by atoms with Gasteiger partial charge in [-0.15, -0.1) is 0 Å². The van der Waals surface area contributed by atoms with E-state index in [4.69, 9.17) is 0 Å². The highest BCUT2D eigenvalue weighted by Crippen LogP contribution is 2.34. The second-order valence-electron chi connectivity index (χ2n) is 4.03. The Morgan fingerprint density at radius 1 is 1.31 bits per heavy atom. The van der Waals surface area contributed by atoms with Crippen LogP contribution in [0.1, 0.15) is 5.56 Å². The fraction of sp³-hybridized carbons (Fsp3) is 0.273. The zero-order valence-electron chi connectivity index (χ0n) is 9.07. The molecule has 86 valence electrons. The van der Waals surface area contributed by atoms with Crippen molar-refractivity contribution in [3.8, 4) is 0 Å². The highest BCUT2D eigenvalue weighted by molar-refractivity contribution is 9.10. The first-order chi connectivity index (χ1) is 7.41. The Bertz CT molecular complexity index is 561. The molecular weight excluding hydrogens is 290 g/mol. The van der Waals surface area contributed by atoms with E-state index in [1.54, 1.807) is 18.2 Å². The summed E-state index contributed by atoms with van der Waals surface area (Å²) in [6, 6.07) is 5.23. The first-order valence-electron chi connectivity index (χ1n) is 4.81. The molecule has 3 nitrogen and oxygen atoms in total. The number of halogens is 1. The van der Waals surface area contributed by atoms with Gasteiger partial charge >= 0.3 is 0 Å². The SMILES string of the molecule is CN(C)CC1=Cc2cc(Br)ccc2S1(=O)=O. The van der Waals surface area contributed by atoms with E-state index in [0.29, 0.717) is 16.3 Å². The summed E-state index contributed by atoms with van der Waals surface area (Å²) >= 11 is 3.34. The lowest BCUT2D eigenvalue weighted by molar-refractivity contribution is 0.451. The number of rotatable bonds is 2. The third kappa shape index (κ3) is 1.95. The average molecular weight is 302 g/mol. The molecule has 0 amide bonds. The topological polar surface area (TPSA) is 37.4 Å². The van der Waals surface area contributed by atoms with Gasteiger partial charge in [-0.05, 0) is 43.9 Å². The van der Waals surface area contributed by atoms with Gasteiger partial charge < -0.3 is 4.90 Å². The number of likely N-dealkylation sites (N-methyl/N-ethyl adjacent to an activating group) is 1. The van der Waals surface area contributed by atoms with Crippen LogP contribution in [0.25, 0.3) is 6.08 Å². The molecule has 0 fully saturated rings. The number of hydrogen-bond donors (Lipinski definition) is 0. The fourth-order valence-electron chi connectivity index (χ4n) is 1.71. The maximum atomic E-state index is 12.1. The summed E-state index contributed by atoms with van der Waals surface area (Å²) in [6.45, 7) is 0.439. The van der Waals surface area contributed by atoms with Crippen molar-refractivity contribution in [2.45, 2.75) is 4.90 Å². The van der Waals surface area contributed by atoms with Crippen molar-refractivity contribution in [3.63, 3.8) is 0 Å². The van der Waals surface area contributed by atoms with Crippen molar-refractivity contribution in [2.24, 2.45) is 0 Å². The molecule has 0 saturated heterocycles. The van der Waals surface area contributed by atoms with Crippen molar-refractivity contribution in [2.75, 3.05) is 20.6 Å². The van der Waals surface area contributed by atoms with Gasteiger partial charge in [0.25, 0.3) is 0 Å². The molecule has 1 aromatic rings. The van der Waals surface area contributed by atoms with Crippen LogP contribution in [0.4, 0.5) is 0 Å². The van der Waals surface area contributed by atoms with Gasteiger partial charge in [-0.1, -0.05) is 15.9 Å². The maximum absolute atomic E-state index is 12.1. The third-order valence-corrected chi connectivity index (χ3v) is 4.78. The molecule has 0 saturated carbocycles. The molecule has 1 aliphatic rings. The monoisotopic (exact) mass is 301 g/mol. The van der Waals surface area contributed by atoms with Crippen LogP contribution in [0.5, 0.6) is 0 Å². The number of benzene rings is 1. The molecule has 1 aromatic carbocycles. The van der Waals surface area contributed by atoms with Crippen LogP contribution in [0.15, 0.2) is 32.5 Å². The van der Waals surface area contributed by atoms with E-state index in [9.17, 15) is 8.42 Å². The Kier molecular flexibility index (Phi) is 2.94. The smallest absolute Gasteiger partial charge is 0.204 e. The van der Waals surface area contributed by atoms with Crippen LogP contribution < -0.4 is 0 Å². The van der Waals surface area contributed by atoms with Gasteiger partial charge in [-0.2, -0.15) is 0 Å². The van der Waals surface area contributed by atoms with Crippen molar-refractivity contribution < 1.29 is 8.42 Å².